The second-order valence-electron chi connectivity index (χ2n) is 6.51. The lowest BCUT2D eigenvalue weighted by molar-refractivity contribution is -0.133. The minimum absolute atomic E-state index is 0.0472. The van der Waals surface area contributed by atoms with Crippen molar-refractivity contribution in [1.29, 1.82) is 0 Å². The van der Waals surface area contributed by atoms with Gasteiger partial charge in [-0.15, -0.1) is 0 Å². The highest BCUT2D eigenvalue weighted by Crippen LogP contribution is 2.27. The van der Waals surface area contributed by atoms with Crippen LogP contribution in [0, 0.1) is 5.92 Å². The maximum absolute atomic E-state index is 12.6. The summed E-state index contributed by atoms with van der Waals surface area (Å²) in [6, 6.07) is 5.46. The smallest absolute Gasteiger partial charge is 0.239 e. The Hall–Kier alpha value is -1.75. The van der Waals surface area contributed by atoms with Crippen LogP contribution in [0.4, 0.5) is 0 Å². The molecule has 0 saturated carbocycles. The molecule has 5 heteroatoms. The second-order valence-corrected chi connectivity index (χ2v) is 6.51. The minimum Gasteiger partial charge on any atom is -0.493 e. The van der Waals surface area contributed by atoms with Gasteiger partial charge in [0, 0.05) is 13.1 Å². The monoisotopic (exact) mass is 336 g/mol. The molecule has 0 heterocycles. The van der Waals surface area contributed by atoms with Gasteiger partial charge in [0.1, 0.15) is 0 Å². The summed E-state index contributed by atoms with van der Waals surface area (Å²) < 4.78 is 10.6. The first kappa shape index (κ1) is 20.3. The molecule has 0 spiro atoms. The zero-order valence-electron chi connectivity index (χ0n) is 15.7. The summed E-state index contributed by atoms with van der Waals surface area (Å²) in [5, 5.41) is 0. The molecule has 1 unspecified atom stereocenters. The third kappa shape index (κ3) is 6.04. The number of hydrogen-bond acceptors (Lipinski definition) is 4. The van der Waals surface area contributed by atoms with Crippen molar-refractivity contribution >= 4 is 5.91 Å². The van der Waals surface area contributed by atoms with Gasteiger partial charge in [0.15, 0.2) is 11.5 Å². The van der Waals surface area contributed by atoms with Crippen LogP contribution >= 0.6 is 0 Å². The SMILES string of the molecule is CCCC(N)C(=O)N(CCc1ccc(OC)c(OC)c1)CC(C)C. The van der Waals surface area contributed by atoms with Crippen LogP contribution in [-0.2, 0) is 11.2 Å². The number of methoxy groups -OCH3 is 2. The molecule has 0 aliphatic rings. The van der Waals surface area contributed by atoms with E-state index < -0.39 is 6.04 Å². The van der Waals surface area contributed by atoms with Gasteiger partial charge in [-0.1, -0.05) is 33.3 Å². The summed E-state index contributed by atoms with van der Waals surface area (Å²) in [5.74, 6) is 1.87. The van der Waals surface area contributed by atoms with Crippen molar-refractivity contribution in [1.82, 2.24) is 4.90 Å². The van der Waals surface area contributed by atoms with Crippen molar-refractivity contribution in [2.45, 2.75) is 46.1 Å². The van der Waals surface area contributed by atoms with E-state index in [0.29, 0.717) is 24.0 Å². The summed E-state index contributed by atoms with van der Waals surface area (Å²) in [7, 11) is 3.25. The van der Waals surface area contributed by atoms with Crippen molar-refractivity contribution in [2.24, 2.45) is 11.7 Å². The molecule has 24 heavy (non-hydrogen) atoms. The molecular weight excluding hydrogens is 304 g/mol. The first-order valence-corrected chi connectivity index (χ1v) is 8.68. The predicted molar refractivity (Wildman–Crippen MR) is 97.6 cm³/mol. The Bertz CT molecular complexity index is 517. The Morgan fingerprint density at radius 2 is 1.88 bits per heavy atom. The number of ether oxygens (including phenoxy) is 2. The number of carbonyl (C=O) groups excluding carboxylic acids is 1. The maximum Gasteiger partial charge on any atom is 0.239 e. The quantitative estimate of drug-likeness (QED) is 0.713. The predicted octanol–water partition coefficient (Wildman–Crippen LogP) is 2.86. The third-order valence-electron chi connectivity index (χ3n) is 3.93. The van der Waals surface area contributed by atoms with E-state index in [4.69, 9.17) is 15.2 Å². The summed E-state index contributed by atoms with van der Waals surface area (Å²) >= 11 is 0. The first-order chi connectivity index (χ1) is 11.4. The third-order valence-corrected chi connectivity index (χ3v) is 3.93. The van der Waals surface area contributed by atoms with E-state index in [-0.39, 0.29) is 5.91 Å². The highest BCUT2D eigenvalue weighted by Gasteiger charge is 2.21. The number of rotatable bonds is 10. The summed E-state index contributed by atoms with van der Waals surface area (Å²) in [6.45, 7) is 7.65. The molecule has 1 atom stereocenters. The molecule has 5 nitrogen and oxygen atoms in total. The summed E-state index contributed by atoms with van der Waals surface area (Å²) in [5.41, 5.74) is 7.14. The van der Waals surface area contributed by atoms with Crippen LogP contribution in [0.15, 0.2) is 18.2 Å². The van der Waals surface area contributed by atoms with Gasteiger partial charge >= 0.3 is 0 Å². The highest BCUT2D eigenvalue weighted by atomic mass is 16.5. The topological polar surface area (TPSA) is 64.8 Å². The molecule has 0 bridgehead atoms. The molecule has 0 aromatic heterocycles. The van der Waals surface area contributed by atoms with Crippen molar-refractivity contribution in [3.8, 4) is 11.5 Å². The van der Waals surface area contributed by atoms with Crippen LogP contribution in [0.1, 0.15) is 39.2 Å². The zero-order chi connectivity index (χ0) is 18.1. The molecule has 1 aromatic carbocycles. The molecule has 1 aromatic rings. The van der Waals surface area contributed by atoms with Crippen LogP contribution < -0.4 is 15.2 Å². The Kier molecular flexibility index (Phi) is 8.61. The minimum atomic E-state index is -0.404. The lowest BCUT2D eigenvalue weighted by Gasteiger charge is -2.27. The van der Waals surface area contributed by atoms with Gasteiger partial charge in [-0.25, -0.2) is 0 Å². The second kappa shape index (κ2) is 10.2. The van der Waals surface area contributed by atoms with Gasteiger partial charge in [-0.2, -0.15) is 0 Å². The highest BCUT2D eigenvalue weighted by molar-refractivity contribution is 5.81. The normalized spacial score (nSPS) is 12.1. The van der Waals surface area contributed by atoms with Crippen LogP contribution in [0.5, 0.6) is 11.5 Å². The Balaban J connectivity index is 2.79. The molecule has 0 saturated heterocycles. The number of carbonyl (C=O) groups is 1. The maximum atomic E-state index is 12.6. The van der Waals surface area contributed by atoms with Gasteiger partial charge in [0.25, 0.3) is 0 Å². The molecule has 0 aliphatic carbocycles. The lowest BCUT2D eigenvalue weighted by atomic mass is 10.1. The molecule has 2 N–H and O–H groups in total. The first-order valence-electron chi connectivity index (χ1n) is 8.68. The fourth-order valence-corrected chi connectivity index (χ4v) is 2.70. The molecule has 136 valence electrons. The lowest BCUT2D eigenvalue weighted by Crippen LogP contribution is -2.46. The summed E-state index contributed by atoms with van der Waals surface area (Å²) in [6.07, 6.45) is 2.40. The van der Waals surface area contributed by atoms with Gasteiger partial charge in [0.05, 0.1) is 20.3 Å². The van der Waals surface area contributed by atoms with Crippen LogP contribution in [0.2, 0.25) is 0 Å². The number of amides is 1. The fraction of sp³-hybridized carbons (Fsp3) is 0.632. The van der Waals surface area contributed by atoms with E-state index in [1.54, 1.807) is 14.2 Å². The van der Waals surface area contributed by atoms with E-state index in [2.05, 4.69) is 13.8 Å². The molecule has 0 fully saturated rings. The van der Waals surface area contributed by atoms with Crippen molar-refractivity contribution in [3.05, 3.63) is 23.8 Å². The molecular formula is C19H32N2O3. The van der Waals surface area contributed by atoms with Gasteiger partial charge in [-0.05, 0) is 36.5 Å². The average Bonchev–Trinajstić information content (AvgIpc) is 2.57. The van der Waals surface area contributed by atoms with Crippen molar-refractivity contribution in [2.75, 3.05) is 27.3 Å². The van der Waals surface area contributed by atoms with E-state index in [1.165, 1.54) is 0 Å². The molecule has 1 amide bonds. The molecule has 1 rings (SSSR count). The van der Waals surface area contributed by atoms with E-state index in [1.807, 2.05) is 30.0 Å². The van der Waals surface area contributed by atoms with E-state index >= 15 is 0 Å². The van der Waals surface area contributed by atoms with Gasteiger partial charge in [-0.3, -0.25) is 4.79 Å². The molecule has 0 radical (unpaired) electrons. The van der Waals surface area contributed by atoms with E-state index in [0.717, 1.165) is 31.4 Å². The Morgan fingerprint density at radius 1 is 1.21 bits per heavy atom. The largest absolute Gasteiger partial charge is 0.493 e. The number of nitrogens with zero attached hydrogens (tertiary/aromatic N) is 1. The van der Waals surface area contributed by atoms with Gasteiger partial charge < -0.3 is 20.1 Å². The number of benzene rings is 1. The molecule has 0 aliphatic heterocycles. The van der Waals surface area contributed by atoms with Gasteiger partial charge in [0.2, 0.25) is 5.91 Å². The standard InChI is InChI=1S/C19H32N2O3/c1-6-7-16(20)19(22)21(13-14(2)3)11-10-15-8-9-17(23-4)18(12-15)24-5/h8-9,12,14,16H,6-7,10-11,13,20H2,1-5H3. The number of hydrogen-bond donors (Lipinski definition) is 1. The van der Waals surface area contributed by atoms with E-state index in [9.17, 15) is 4.79 Å². The zero-order valence-corrected chi connectivity index (χ0v) is 15.7. The Labute approximate surface area is 146 Å². The fourth-order valence-electron chi connectivity index (χ4n) is 2.70. The van der Waals surface area contributed by atoms with Crippen molar-refractivity contribution in [3.63, 3.8) is 0 Å². The number of nitrogens with two attached hydrogens (primary N) is 1. The Morgan fingerprint density at radius 3 is 2.42 bits per heavy atom. The summed E-state index contributed by atoms with van der Waals surface area (Å²) in [4.78, 5) is 14.5. The van der Waals surface area contributed by atoms with Crippen LogP contribution in [0.3, 0.4) is 0 Å². The van der Waals surface area contributed by atoms with Crippen LogP contribution in [0.25, 0.3) is 0 Å². The van der Waals surface area contributed by atoms with Crippen LogP contribution in [-0.4, -0.2) is 44.2 Å². The van der Waals surface area contributed by atoms with Crippen molar-refractivity contribution < 1.29 is 14.3 Å². The average molecular weight is 336 g/mol.